The third-order valence-electron chi connectivity index (χ3n) is 3.68. The first-order chi connectivity index (χ1) is 13.0. The molecule has 8 heteroatoms. The van der Waals surface area contributed by atoms with Crippen LogP contribution in [0.25, 0.3) is 0 Å². The number of sulfonamides is 1. The van der Waals surface area contributed by atoms with Crippen molar-refractivity contribution in [1.82, 2.24) is 5.32 Å². The first-order valence-electron chi connectivity index (χ1n) is 8.71. The zero-order valence-corrected chi connectivity index (χ0v) is 17.2. The molecular formula is C20H25FN2O4S. The van der Waals surface area contributed by atoms with Crippen LogP contribution in [0.15, 0.2) is 48.5 Å². The van der Waals surface area contributed by atoms with Crippen molar-refractivity contribution in [2.75, 3.05) is 17.2 Å². The van der Waals surface area contributed by atoms with Crippen LogP contribution in [0.5, 0.6) is 5.75 Å². The highest BCUT2D eigenvalue weighted by molar-refractivity contribution is 7.92. The molecule has 0 unspecified atom stereocenters. The fraction of sp³-hybridized carbons (Fsp3) is 0.350. The number of benzene rings is 2. The van der Waals surface area contributed by atoms with E-state index in [0.29, 0.717) is 11.4 Å². The molecule has 0 radical (unpaired) electrons. The van der Waals surface area contributed by atoms with E-state index in [0.717, 1.165) is 10.6 Å². The summed E-state index contributed by atoms with van der Waals surface area (Å²) in [5.41, 5.74) is 0.289. The summed E-state index contributed by atoms with van der Waals surface area (Å²) in [6.45, 7) is 5.33. The van der Waals surface area contributed by atoms with Gasteiger partial charge >= 0.3 is 0 Å². The van der Waals surface area contributed by atoms with Gasteiger partial charge in [-0.2, -0.15) is 0 Å². The molecule has 0 aliphatic heterocycles. The number of amides is 1. The number of carbonyl (C=O) groups excluding carboxylic acids is 1. The number of nitrogens with one attached hydrogen (secondary N) is 1. The molecule has 0 saturated carbocycles. The Bertz CT molecular complexity index is 922. The Labute approximate surface area is 165 Å². The number of anilines is 1. The minimum absolute atomic E-state index is 0.125. The van der Waals surface area contributed by atoms with E-state index in [4.69, 9.17) is 4.74 Å². The average molecular weight is 408 g/mol. The molecule has 152 valence electrons. The molecule has 0 heterocycles. The van der Waals surface area contributed by atoms with Crippen molar-refractivity contribution in [2.45, 2.75) is 32.9 Å². The van der Waals surface area contributed by atoms with Crippen LogP contribution in [-0.4, -0.2) is 32.7 Å². The molecule has 0 aliphatic rings. The van der Waals surface area contributed by atoms with E-state index in [1.54, 1.807) is 42.5 Å². The number of nitrogens with zero attached hydrogens (tertiary/aromatic N) is 1. The number of halogens is 1. The van der Waals surface area contributed by atoms with Crippen LogP contribution in [0.2, 0.25) is 0 Å². The Morgan fingerprint density at radius 3 is 2.25 bits per heavy atom. The molecule has 2 aromatic carbocycles. The second-order valence-electron chi connectivity index (χ2n) is 7.44. The molecular weight excluding hydrogens is 383 g/mol. The van der Waals surface area contributed by atoms with Gasteiger partial charge in [0.1, 0.15) is 11.6 Å². The topological polar surface area (TPSA) is 75.7 Å². The van der Waals surface area contributed by atoms with Gasteiger partial charge in [-0.1, -0.05) is 18.2 Å². The van der Waals surface area contributed by atoms with Gasteiger partial charge < -0.3 is 10.1 Å². The van der Waals surface area contributed by atoms with Crippen molar-refractivity contribution in [3.63, 3.8) is 0 Å². The number of ether oxygens (including phenoxy) is 1. The monoisotopic (exact) mass is 408 g/mol. The lowest BCUT2D eigenvalue weighted by Crippen LogP contribution is -2.43. The molecule has 0 bridgehead atoms. The Balaban J connectivity index is 2.12. The van der Waals surface area contributed by atoms with Gasteiger partial charge in [-0.05, 0) is 51.1 Å². The van der Waals surface area contributed by atoms with Crippen molar-refractivity contribution >= 4 is 21.6 Å². The summed E-state index contributed by atoms with van der Waals surface area (Å²) in [4.78, 5) is 11.8. The van der Waals surface area contributed by atoms with Crippen LogP contribution >= 0.6 is 0 Å². The highest BCUT2D eigenvalue weighted by atomic mass is 32.2. The molecule has 1 N–H and O–H groups in total. The highest BCUT2D eigenvalue weighted by Gasteiger charge is 2.20. The minimum atomic E-state index is -3.63. The lowest BCUT2D eigenvalue weighted by molar-refractivity contribution is -0.124. The standard InChI is InChI=1S/C20H25FN2O4S/c1-20(2,3)22-19(24)14-27-17-11-9-16(10-12-17)23(28(4,25)26)13-15-7-5-6-8-18(15)21/h5-12H,13-14H2,1-4H3,(H,22,24). The van der Waals surface area contributed by atoms with Crippen molar-refractivity contribution in [1.29, 1.82) is 0 Å². The average Bonchev–Trinajstić information content (AvgIpc) is 2.57. The Hall–Kier alpha value is -2.61. The van der Waals surface area contributed by atoms with E-state index < -0.39 is 15.8 Å². The Kier molecular flexibility index (Phi) is 6.66. The zero-order chi connectivity index (χ0) is 20.9. The van der Waals surface area contributed by atoms with E-state index in [1.807, 2.05) is 20.8 Å². The van der Waals surface area contributed by atoms with Gasteiger partial charge in [-0.15, -0.1) is 0 Å². The lowest BCUT2D eigenvalue weighted by atomic mass is 10.1. The number of hydrogen-bond donors (Lipinski definition) is 1. The fourth-order valence-electron chi connectivity index (χ4n) is 2.49. The summed E-state index contributed by atoms with van der Waals surface area (Å²) in [5.74, 6) is -0.304. The molecule has 28 heavy (non-hydrogen) atoms. The summed E-state index contributed by atoms with van der Waals surface area (Å²) >= 11 is 0. The smallest absolute Gasteiger partial charge is 0.258 e. The quantitative estimate of drug-likeness (QED) is 0.764. The van der Waals surface area contributed by atoms with Gasteiger partial charge in [-0.3, -0.25) is 9.10 Å². The maximum absolute atomic E-state index is 13.9. The lowest BCUT2D eigenvalue weighted by Gasteiger charge is -2.23. The summed E-state index contributed by atoms with van der Waals surface area (Å²) in [6.07, 6.45) is 1.06. The van der Waals surface area contributed by atoms with Crippen LogP contribution in [-0.2, 0) is 21.4 Å². The van der Waals surface area contributed by atoms with Gasteiger partial charge in [0.05, 0.1) is 18.5 Å². The van der Waals surface area contributed by atoms with E-state index in [-0.39, 0.29) is 30.2 Å². The van der Waals surface area contributed by atoms with Crippen molar-refractivity contribution in [2.24, 2.45) is 0 Å². The highest BCUT2D eigenvalue weighted by Crippen LogP contribution is 2.24. The summed E-state index contributed by atoms with van der Waals surface area (Å²) < 4.78 is 44.9. The molecule has 1 amide bonds. The van der Waals surface area contributed by atoms with Crippen LogP contribution in [0, 0.1) is 5.82 Å². The summed E-state index contributed by atoms with van der Waals surface area (Å²) in [6, 6.07) is 12.3. The molecule has 2 rings (SSSR count). The van der Waals surface area contributed by atoms with Crippen LogP contribution in [0.3, 0.4) is 0 Å². The van der Waals surface area contributed by atoms with E-state index in [9.17, 15) is 17.6 Å². The normalized spacial score (nSPS) is 11.8. The second-order valence-corrected chi connectivity index (χ2v) is 9.35. The maximum atomic E-state index is 13.9. The van der Waals surface area contributed by atoms with Gasteiger partial charge in [0.2, 0.25) is 10.0 Å². The van der Waals surface area contributed by atoms with Crippen molar-refractivity contribution in [3.8, 4) is 5.75 Å². The van der Waals surface area contributed by atoms with Gasteiger partial charge in [0, 0.05) is 11.1 Å². The molecule has 0 saturated heterocycles. The number of hydrogen-bond acceptors (Lipinski definition) is 4. The fourth-order valence-corrected chi connectivity index (χ4v) is 3.37. The maximum Gasteiger partial charge on any atom is 0.258 e. The van der Waals surface area contributed by atoms with Gasteiger partial charge in [0.15, 0.2) is 6.61 Å². The van der Waals surface area contributed by atoms with Crippen LogP contribution in [0.1, 0.15) is 26.3 Å². The van der Waals surface area contributed by atoms with E-state index in [2.05, 4.69) is 5.32 Å². The predicted octanol–water partition coefficient (Wildman–Crippen LogP) is 3.09. The SMILES string of the molecule is CC(C)(C)NC(=O)COc1ccc(N(Cc2ccccc2F)S(C)(=O)=O)cc1. The second kappa shape index (κ2) is 8.60. The number of carbonyl (C=O) groups is 1. The molecule has 6 nitrogen and oxygen atoms in total. The van der Waals surface area contributed by atoms with E-state index in [1.165, 1.54) is 6.07 Å². The predicted molar refractivity (Wildman–Crippen MR) is 107 cm³/mol. The molecule has 0 aliphatic carbocycles. The first-order valence-corrected chi connectivity index (χ1v) is 10.6. The third kappa shape index (κ3) is 6.53. The summed E-state index contributed by atoms with van der Waals surface area (Å²) in [7, 11) is -3.63. The largest absolute Gasteiger partial charge is 0.484 e. The van der Waals surface area contributed by atoms with Gasteiger partial charge in [-0.25, -0.2) is 12.8 Å². The minimum Gasteiger partial charge on any atom is -0.484 e. The van der Waals surface area contributed by atoms with Gasteiger partial charge in [0.25, 0.3) is 5.91 Å². The Morgan fingerprint density at radius 2 is 1.71 bits per heavy atom. The summed E-state index contributed by atoms with van der Waals surface area (Å²) in [5, 5.41) is 2.78. The van der Waals surface area contributed by atoms with Crippen molar-refractivity contribution in [3.05, 3.63) is 59.9 Å². The molecule has 0 fully saturated rings. The molecule has 2 aromatic rings. The Morgan fingerprint density at radius 1 is 1.11 bits per heavy atom. The van der Waals surface area contributed by atoms with Crippen molar-refractivity contribution < 1.29 is 22.3 Å². The number of rotatable bonds is 7. The zero-order valence-electron chi connectivity index (χ0n) is 16.4. The molecule has 0 atom stereocenters. The first kappa shape index (κ1) is 21.7. The van der Waals surface area contributed by atoms with Crippen LogP contribution < -0.4 is 14.4 Å². The third-order valence-corrected chi connectivity index (χ3v) is 4.82. The van der Waals surface area contributed by atoms with E-state index >= 15 is 0 Å². The molecule has 0 aromatic heterocycles. The molecule has 0 spiro atoms. The van der Waals surface area contributed by atoms with Crippen LogP contribution in [0.4, 0.5) is 10.1 Å².